The third-order valence-corrected chi connectivity index (χ3v) is 7.47. The molecule has 0 radical (unpaired) electrons. The molecule has 12 nitrogen and oxygen atoms in total. The molecular formula is C21H23I3N2O10. The van der Waals surface area contributed by atoms with E-state index >= 15 is 0 Å². The molecule has 0 heterocycles. The lowest BCUT2D eigenvalue weighted by Crippen LogP contribution is -2.39. The summed E-state index contributed by atoms with van der Waals surface area (Å²) >= 11 is 5.88. The van der Waals surface area contributed by atoms with Gasteiger partial charge in [0.05, 0.1) is 21.5 Å². The molecule has 15 heteroatoms. The van der Waals surface area contributed by atoms with Gasteiger partial charge in [-0.25, -0.2) is 0 Å². The van der Waals surface area contributed by atoms with Gasteiger partial charge >= 0.3 is 23.9 Å². The molecule has 0 aliphatic rings. The highest BCUT2D eigenvalue weighted by Crippen LogP contribution is 2.41. The van der Waals surface area contributed by atoms with Gasteiger partial charge in [0.15, 0.2) is 13.2 Å². The summed E-state index contributed by atoms with van der Waals surface area (Å²) in [6, 6.07) is 0. The van der Waals surface area contributed by atoms with Crippen LogP contribution in [0.5, 0.6) is 0 Å². The zero-order valence-corrected chi connectivity index (χ0v) is 26.2. The predicted octanol–water partition coefficient (Wildman–Crippen LogP) is 2.52. The van der Waals surface area contributed by atoms with Crippen molar-refractivity contribution in [2.45, 2.75) is 34.3 Å². The third-order valence-electron chi connectivity index (χ3n) is 4.07. The van der Waals surface area contributed by atoms with Crippen molar-refractivity contribution in [3.63, 3.8) is 0 Å². The number of amides is 2. The number of nitrogens with one attached hydrogen (secondary N) is 1. The molecule has 0 bridgehead atoms. The Balaban J connectivity index is 3.65. The molecule has 0 aliphatic heterocycles. The van der Waals surface area contributed by atoms with E-state index in [2.05, 4.69) is 5.32 Å². The van der Waals surface area contributed by atoms with Crippen LogP contribution in [0.25, 0.3) is 0 Å². The molecule has 1 aromatic carbocycles. The number of esters is 4. The molecule has 0 aliphatic carbocycles. The molecule has 0 fully saturated rings. The first-order chi connectivity index (χ1) is 16.8. The lowest BCUT2D eigenvalue weighted by Gasteiger charge is -2.28. The van der Waals surface area contributed by atoms with E-state index in [1.54, 1.807) is 0 Å². The summed E-state index contributed by atoms with van der Waals surface area (Å²) in [4.78, 5) is 71.9. The number of anilines is 2. The van der Waals surface area contributed by atoms with Crippen molar-refractivity contribution in [3.05, 3.63) is 16.3 Å². The van der Waals surface area contributed by atoms with Crippen LogP contribution in [-0.4, -0.2) is 62.1 Å². The van der Waals surface area contributed by atoms with Crippen LogP contribution in [0.3, 0.4) is 0 Å². The van der Waals surface area contributed by atoms with Crippen LogP contribution < -0.4 is 10.2 Å². The Morgan fingerprint density at radius 1 is 0.722 bits per heavy atom. The van der Waals surface area contributed by atoms with Crippen LogP contribution in [0, 0.1) is 10.7 Å². The highest BCUT2D eigenvalue weighted by molar-refractivity contribution is 14.1. The quantitative estimate of drug-likeness (QED) is 0.200. The van der Waals surface area contributed by atoms with E-state index in [9.17, 15) is 28.8 Å². The van der Waals surface area contributed by atoms with Gasteiger partial charge in [0.25, 0.3) is 11.8 Å². The standard InChI is InChI=1S/C21H23I3N2O10/c1-10(27)33-6-5-26(16(32)9-36-13(4)30)21-18(23)14(7-34-11(2)28)17(22)20(19(21)24)25-15(31)8-35-12(3)29/h5-9H2,1-4H3,(H,25,31). The van der Waals surface area contributed by atoms with Crippen molar-refractivity contribution < 1.29 is 47.7 Å². The Kier molecular flexibility index (Phi) is 13.9. The summed E-state index contributed by atoms with van der Waals surface area (Å²) in [5.74, 6) is -3.65. The van der Waals surface area contributed by atoms with Crippen LogP contribution in [0.4, 0.5) is 11.4 Å². The van der Waals surface area contributed by atoms with E-state index in [-0.39, 0.29) is 25.4 Å². The van der Waals surface area contributed by atoms with Gasteiger partial charge in [-0.1, -0.05) is 0 Å². The van der Waals surface area contributed by atoms with E-state index in [0.29, 0.717) is 22.0 Å². The molecule has 1 aromatic rings. The Morgan fingerprint density at radius 2 is 1.25 bits per heavy atom. The maximum Gasteiger partial charge on any atom is 0.303 e. The van der Waals surface area contributed by atoms with Crippen molar-refractivity contribution in [2.75, 3.05) is 36.6 Å². The fourth-order valence-corrected chi connectivity index (χ4v) is 6.90. The number of halogens is 3. The summed E-state index contributed by atoms with van der Waals surface area (Å²) in [5.41, 5.74) is 1.08. The minimum absolute atomic E-state index is 0.0971. The van der Waals surface area contributed by atoms with Crippen LogP contribution in [-0.2, 0) is 54.3 Å². The van der Waals surface area contributed by atoms with Crippen LogP contribution in [0.2, 0.25) is 0 Å². The zero-order chi connectivity index (χ0) is 27.6. The number of rotatable bonds is 11. The van der Waals surface area contributed by atoms with Crippen molar-refractivity contribution in [3.8, 4) is 0 Å². The third kappa shape index (κ3) is 10.3. The number of benzene rings is 1. The van der Waals surface area contributed by atoms with Crippen molar-refractivity contribution in [2.24, 2.45) is 0 Å². The van der Waals surface area contributed by atoms with Gasteiger partial charge in [-0.3, -0.25) is 28.8 Å². The molecule has 0 atom stereocenters. The number of carbonyl (C=O) groups is 6. The molecule has 2 amide bonds. The Labute approximate surface area is 247 Å². The van der Waals surface area contributed by atoms with Gasteiger partial charge in [-0.05, 0) is 67.8 Å². The maximum atomic E-state index is 13.1. The highest BCUT2D eigenvalue weighted by atomic mass is 127. The number of carbonyl (C=O) groups excluding carboxylic acids is 6. The van der Waals surface area contributed by atoms with Crippen LogP contribution >= 0.6 is 67.8 Å². The second-order valence-corrected chi connectivity index (χ2v) is 10.2. The van der Waals surface area contributed by atoms with Crippen molar-refractivity contribution >= 4 is 115 Å². The normalized spacial score (nSPS) is 10.2. The van der Waals surface area contributed by atoms with E-state index in [4.69, 9.17) is 18.9 Å². The van der Waals surface area contributed by atoms with Crippen molar-refractivity contribution in [1.29, 1.82) is 0 Å². The monoisotopic (exact) mass is 844 g/mol. The van der Waals surface area contributed by atoms with E-state index in [1.807, 2.05) is 67.8 Å². The molecule has 198 valence electrons. The van der Waals surface area contributed by atoms with E-state index < -0.39 is 48.9 Å². The second kappa shape index (κ2) is 15.5. The van der Waals surface area contributed by atoms with Crippen LogP contribution in [0.15, 0.2) is 0 Å². The van der Waals surface area contributed by atoms with Crippen molar-refractivity contribution in [1.82, 2.24) is 0 Å². The largest absolute Gasteiger partial charge is 0.464 e. The van der Waals surface area contributed by atoms with Gasteiger partial charge in [-0.15, -0.1) is 0 Å². The fraction of sp³-hybridized carbons (Fsp3) is 0.429. The number of ether oxygens (including phenoxy) is 4. The lowest BCUT2D eigenvalue weighted by atomic mass is 10.1. The Hall–Kier alpha value is -1.77. The molecule has 0 saturated carbocycles. The summed E-state index contributed by atoms with van der Waals surface area (Å²) in [6.45, 7) is 3.23. The molecule has 0 aromatic heterocycles. The second-order valence-electron chi connectivity index (χ2n) is 6.92. The smallest absolute Gasteiger partial charge is 0.303 e. The zero-order valence-electron chi connectivity index (χ0n) is 19.7. The van der Waals surface area contributed by atoms with Gasteiger partial charge in [0.2, 0.25) is 0 Å². The molecule has 0 saturated heterocycles. The number of nitrogens with zero attached hydrogens (tertiary/aromatic N) is 1. The maximum absolute atomic E-state index is 13.1. The predicted molar refractivity (Wildman–Crippen MR) is 151 cm³/mol. The van der Waals surface area contributed by atoms with E-state index in [1.165, 1.54) is 18.7 Å². The summed E-state index contributed by atoms with van der Waals surface area (Å²) < 4.78 is 21.2. The first-order valence-electron chi connectivity index (χ1n) is 10.1. The van der Waals surface area contributed by atoms with Crippen LogP contribution in [0.1, 0.15) is 33.3 Å². The molecule has 0 spiro atoms. The van der Waals surface area contributed by atoms with Gasteiger partial charge < -0.3 is 29.2 Å². The first-order valence-corrected chi connectivity index (χ1v) is 13.3. The minimum atomic E-state index is -0.663. The molecular weight excluding hydrogens is 821 g/mol. The number of hydrogen-bond donors (Lipinski definition) is 1. The van der Waals surface area contributed by atoms with Gasteiger partial charge in [0, 0.05) is 40.4 Å². The topological polar surface area (TPSA) is 155 Å². The highest BCUT2D eigenvalue weighted by Gasteiger charge is 2.29. The molecule has 1 rings (SSSR count). The summed E-state index contributed by atoms with van der Waals surface area (Å²) in [5, 5.41) is 2.66. The average Bonchev–Trinajstić information content (AvgIpc) is 2.77. The Morgan fingerprint density at radius 3 is 1.78 bits per heavy atom. The fourth-order valence-electron chi connectivity index (χ4n) is 2.57. The molecule has 1 N–H and O–H groups in total. The molecule has 0 unspecified atom stereocenters. The van der Waals surface area contributed by atoms with Gasteiger partial charge in [-0.2, -0.15) is 0 Å². The lowest BCUT2D eigenvalue weighted by molar-refractivity contribution is -0.145. The Bertz CT molecular complexity index is 1060. The first kappa shape index (κ1) is 32.3. The summed E-state index contributed by atoms with van der Waals surface area (Å²) in [7, 11) is 0. The SMILES string of the molecule is CC(=O)OCCN(C(=O)COC(C)=O)c1c(I)c(COC(C)=O)c(I)c(NC(=O)COC(C)=O)c1I. The summed E-state index contributed by atoms with van der Waals surface area (Å²) in [6.07, 6.45) is 0. The van der Waals surface area contributed by atoms with E-state index in [0.717, 1.165) is 13.8 Å². The minimum Gasteiger partial charge on any atom is -0.464 e. The van der Waals surface area contributed by atoms with Gasteiger partial charge in [0.1, 0.15) is 13.2 Å². The molecule has 36 heavy (non-hydrogen) atoms. The average molecular weight is 844 g/mol. The number of hydrogen-bond acceptors (Lipinski definition) is 10.